The van der Waals surface area contributed by atoms with E-state index in [0.29, 0.717) is 17.1 Å². The van der Waals surface area contributed by atoms with Gasteiger partial charge in [-0.15, -0.1) is 0 Å². The Balaban J connectivity index is 1.79. The molecule has 176 valence electrons. The van der Waals surface area contributed by atoms with E-state index in [1.807, 2.05) is 0 Å². The van der Waals surface area contributed by atoms with Gasteiger partial charge in [-0.05, 0) is 42.5 Å². The number of anilines is 2. The van der Waals surface area contributed by atoms with Gasteiger partial charge in [-0.3, -0.25) is 4.98 Å². The number of aromatic nitrogens is 4. The van der Waals surface area contributed by atoms with Crippen molar-refractivity contribution in [1.82, 2.24) is 19.9 Å². The Morgan fingerprint density at radius 3 is 2.29 bits per heavy atom. The summed E-state index contributed by atoms with van der Waals surface area (Å²) >= 11 is 0. The molecule has 1 aromatic carbocycles. The highest BCUT2D eigenvalue weighted by atomic mass is 19.4. The first kappa shape index (κ1) is 23.4. The maximum absolute atomic E-state index is 13.4. The highest BCUT2D eigenvalue weighted by Crippen LogP contribution is 2.36. The number of nitrogens with one attached hydrogen (secondary N) is 1. The number of pyridine rings is 2. The van der Waals surface area contributed by atoms with E-state index in [0.717, 1.165) is 24.4 Å². The van der Waals surface area contributed by atoms with E-state index in [4.69, 9.17) is 4.74 Å². The molecule has 0 aliphatic rings. The van der Waals surface area contributed by atoms with Gasteiger partial charge >= 0.3 is 12.4 Å². The van der Waals surface area contributed by atoms with Crippen molar-refractivity contribution in [3.05, 3.63) is 71.7 Å². The maximum atomic E-state index is 13.4. The average Bonchev–Trinajstić information content (AvgIpc) is 2.78. The molecule has 12 heteroatoms. The zero-order valence-corrected chi connectivity index (χ0v) is 17.4. The van der Waals surface area contributed by atoms with Crippen LogP contribution in [0.15, 0.2) is 54.9 Å². The van der Waals surface area contributed by atoms with Gasteiger partial charge in [-0.2, -0.15) is 26.3 Å². The molecule has 4 rings (SSSR count). The topological polar surface area (TPSA) is 72.8 Å². The van der Waals surface area contributed by atoms with Crippen LogP contribution >= 0.6 is 0 Å². The summed E-state index contributed by atoms with van der Waals surface area (Å²) < 4.78 is 83.9. The van der Waals surface area contributed by atoms with Crippen LogP contribution in [0, 0.1) is 0 Å². The molecule has 34 heavy (non-hydrogen) atoms. The van der Waals surface area contributed by atoms with Gasteiger partial charge in [0.25, 0.3) is 0 Å². The fourth-order valence-corrected chi connectivity index (χ4v) is 3.22. The number of ether oxygens (including phenoxy) is 1. The highest BCUT2D eigenvalue weighted by molar-refractivity contribution is 5.88. The molecule has 0 amide bonds. The molecule has 0 aliphatic heterocycles. The molecule has 0 saturated carbocycles. The lowest BCUT2D eigenvalue weighted by atomic mass is 10.1. The van der Waals surface area contributed by atoms with Gasteiger partial charge in [0.2, 0.25) is 0 Å². The predicted molar refractivity (Wildman–Crippen MR) is 111 cm³/mol. The van der Waals surface area contributed by atoms with Crippen molar-refractivity contribution in [2.75, 3.05) is 12.4 Å². The zero-order valence-electron chi connectivity index (χ0n) is 17.4. The average molecular weight is 479 g/mol. The normalized spacial score (nSPS) is 12.2. The molecule has 0 aliphatic carbocycles. The van der Waals surface area contributed by atoms with Crippen molar-refractivity contribution in [1.29, 1.82) is 0 Å². The molecular formula is C22H15F6N5O. The Morgan fingerprint density at radius 1 is 0.912 bits per heavy atom. The number of rotatable bonds is 5. The first-order valence-corrected chi connectivity index (χ1v) is 9.69. The summed E-state index contributed by atoms with van der Waals surface area (Å²) in [6.07, 6.45) is -6.78. The molecular weight excluding hydrogens is 464 g/mol. The molecule has 0 radical (unpaired) electrons. The molecule has 0 spiro atoms. The van der Waals surface area contributed by atoms with Crippen LogP contribution in [0.5, 0.6) is 0 Å². The lowest BCUT2D eigenvalue weighted by Gasteiger charge is -2.14. The number of benzene rings is 1. The number of fused-ring (bicyclic) bond motifs is 1. The van der Waals surface area contributed by atoms with Crippen LogP contribution in [-0.2, 0) is 23.7 Å². The Hall–Kier alpha value is -3.80. The summed E-state index contributed by atoms with van der Waals surface area (Å²) in [4.78, 5) is 16.6. The molecule has 0 bridgehead atoms. The van der Waals surface area contributed by atoms with Crippen molar-refractivity contribution < 1.29 is 31.1 Å². The highest BCUT2D eigenvalue weighted by Gasteiger charge is 2.35. The second-order valence-electron chi connectivity index (χ2n) is 7.12. The van der Waals surface area contributed by atoms with Crippen LogP contribution in [0.25, 0.3) is 22.6 Å². The van der Waals surface area contributed by atoms with E-state index < -0.39 is 29.2 Å². The van der Waals surface area contributed by atoms with Crippen LogP contribution in [0.3, 0.4) is 0 Å². The van der Waals surface area contributed by atoms with E-state index in [-0.39, 0.29) is 23.5 Å². The van der Waals surface area contributed by atoms with Gasteiger partial charge in [-0.1, -0.05) is 0 Å². The van der Waals surface area contributed by atoms with E-state index in [9.17, 15) is 26.3 Å². The second-order valence-corrected chi connectivity index (χ2v) is 7.12. The van der Waals surface area contributed by atoms with E-state index in [2.05, 4.69) is 25.3 Å². The maximum Gasteiger partial charge on any atom is 0.418 e. The number of methoxy groups -OCH3 is 1. The molecule has 0 atom stereocenters. The molecule has 4 aromatic rings. The van der Waals surface area contributed by atoms with Crippen LogP contribution < -0.4 is 5.32 Å². The van der Waals surface area contributed by atoms with Crippen LogP contribution in [0.1, 0.15) is 16.8 Å². The van der Waals surface area contributed by atoms with E-state index >= 15 is 0 Å². The largest absolute Gasteiger partial charge is 0.418 e. The Morgan fingerprint density at radius 2 is 1.65 bits per heavy atom. The number of nitrogens with zero attached hydrogens (tertiary/aromatic N) is 4. The third-order valence-electron chi connectivity index (χ3n) is 4.71. The fourth-order valence-electron chi connectivity index (χ4n) is 3.22. The summed E-state index contributed by atoms with van der Waals surface area (Å²) in [6, 6.07) is 7.96. The minimum atomic E-state index is -4.65. The van der Waals surface area contributed by atoms with Crippen molar-refractivity contribution >= 4 is 22.5 Å². The van der Waals surface area contributed by atoms with Crippen LogP contribution in [-0.4, -0.2) is 27.0 Å². The first-order valence-electron chi connectivity index (χ1n) is 9.69. The summed E-state index contributed by atoms with van der Waals surface area (Å²) in [5.74, 6) is 0. The third-order valence-corrected chi connectivity index (χ3v) is 4.71. The number of hydrogen-bond acceptors (Lipinski definition) is 6. The Kier molecular flexibility index (Phi) is 6.09. The lowest BCUT2D eigenvalue weighted by Crippen LogP contribution is -2.09. The molecule has 0 fully saturated rings. The smallest absolute Gasteiger partial charge is 0.378 e. The zero-order chi connectivity index (χ0) is 24.5. The Labute approximate surface area is 188 Å². The third kappa shape index (κ3) is 4.91. The molecule has 3 heterocycles. The van der Waals surface area contributed by atoms with E-state index in [1.54, 1.807) is 6.07 Å². The van der Waals surface area contributed by atoms with Crippen molar-refractivity contribution in [2.24, 2.45) is 0 Å². The SMILES string of the molecule is COCc1cc(Nc2ccc(C(F)(F)F)cc2)c2ncc(-c3ncccc3C(F)(F)F)nc2n1. The van der Waals surface area contributed by atoms with Gasteiger partial charge in [-0.25, -0.2) is 15.0 Å². The summed E-state index contributed by atoms with van der Waals surface area (Å²) in [5.41, 5.74) is -1.05. The summed E-state index contributed by atoms with van der Waals surface area (Å²) in [5, 5.41) is 2.96. The van der Waals surface area contributed by atoms with Crippen LogP contribution in [0.4, 0.5) is 37.7 Å². The van der Waals surface area contributed by atoms with Gasteiger partial charge in [0, 0.05) is 19.0 Å². The molecule has 0 saturated heterocycles. The fraction of sp³-hybridized carbons (Fsp3) is 0.182. The quantitative estimate of drug-likeness (QED) is 0.353. The number of alkyl halides is 6. The minimum absolute atomic E-state index is 0.0141. The number of halogens is 6. The van der Waals surface area contributed by atoms with Gasteiger partial charge in [0.1, 0.15) is 16.9 Å². The van der Waals surface area contributed by atoms with Crippen molar-refractivity contribution in [3.8, 4) is 11.4 Å². The lowest BCUT2D eigenvalue weighted by molar-refractivity contribution is -0.138. The van der Waals surface area contributed by atoms with Gasteiger partial charge in [0.15, 0.2) is 5.65 Å². The van der Waals surface area contributed by atoms with Gasteiger partial charge < -0.3 is 10.1 Å². The van der Waals surface area contributed by atoms with Crippen LogP contribution in [0.2, 0.25) is 0 Å². The molecule has 0 unspecified atom stereocenters. The van der Waals surface area contributed by atoms with Crippen molar-refractivity contribution in [2.45, 2.75) is 19.0 Å². The van der Waals surface area contributed by atoms with Gasteiger partial charge in [0.05, 0.1) is 35.3 Å². The molecule has 3 aromatic heterocycles. The monoisotopic (exact) mass is 479 g/mol. The Bertz CT molecular complexity index is 1320. The predicted octanol–water partition coefficient (Wildman–Crippen LogP) is 6.01. The molecule has 6 nitrogen and oxygen atoms in total. The molecule has 1 N–H and O–H groups in total. The van der Waals surface area contributed by atoms with E-state index in [1.165, 1.54) is 31.5 Å². The standard InChI is InChI=1S/C22H15F6N5O/c1-34-11-14-9-16(31-13-6-4-12(5-7-13)21(23,24)25)19-20(32-14)33-17(10-30-19)18-15(22(26,27)28)3-2-8-29-18/h2-10H,11H2,1H3,(H,31,32,33). The second kappa shape index (κ2) is 8.86. The number of hydrogen-bond donors (Lipinski definition) is 1. The summed E-state index contributed by atoms with van der Waals surface area (Å²) in [7, 11) is 1.43. The first-order chi connectivity index (χ1) is 16.1. The minimum Gasteiger partial charge on any atom is -0.378 e. The summed E-state index contributed by atoms with van der Waals surface area (Å²) in [6.45, 7) is 0.0565. The van der Waals surface area contributed by atoms with Crippen molar-refractivity contribution in [3.63, 3.8) is 0 Å².